The Bertz CT molecular complexity index is 1180. The lowest BCUT2D eigenvalue weighted by molar-refractivity contribution is -0.152. The zero-order valence-corrected chi connectivity index (χ0v) is 19.5. The Balaban J connectivity index is 1.40. The van der Waals surface area contributed by atoms with Crippen molar-refractivity contribution in [2.24, 2.45) is 18.9 Å². The van der Waals surface area contributed by atoms with E-state index in [0.717, 1.165) is 55.4 Å². The van der Waals surface area contributed by atoms with Crippen molar-refractivity contribution in [3.63, 3.8) is 0 Å². The van der Waals surface area contributed by atoms with Crippen molar-refractivity contribution in [1.29, 1.82) is 0 Å². The standard InChI is InChI=1S/C27H33N3O3/c1-17(15-25(31)30-14-5-9-18-19(27(32)33)7-4-11-24(18)30)21-16-28-22-10-3-8-20(26(21)22)23-12-6-13-29(23)2/h3,6,8,10,12-13,16-19,24,28H,4-5,7,9,11,14-15H2,1-2H3,(H,32,33). The van der Waals surface area contributed by atoms with E-state index in [-0.39, 0.29) is 29.7 Å². The molecule has 6 heteroatoms. The van der Waals surface area contributed by atoms with Crippen molar-refractivity contribution in [3.05, 3.63) is 48.3 Å². The van der Waals surface area contributed by atoms with Crippen LogP contribution in [0, 0.1) is 11.8 Å². The summed E-state index contributed by atoms with van der Waals surface area (Å²) in [7, 11) is 2.05. The van der Waals surface area contributed by atoms with Crippen LogP contribution in [0.25, 0.3) is 22.2 Å². The SMILES string of the molecule is CC(CC(=O)N1CCCC2C(C(=O)O)CCCC21)c1c[nH]c2cccc(-c3cccn3C)c12. The summed E-state index contributed by atoms with van der Waals surface area (Å²) >= 11 is 0. The highest BCUT2D eigenvalue weighted by molar-refractivity contribution is 5.97. The van der Waals surface area contributed by atoms with E-state index in [4.69, 9.17) is 0 Å². The molecule has 1 amide bonds. The van der Waals surface area contributed by atoms with E-state index in [1.807, 2.05) is 4.90 Å². The highest BCUT2D eigenvalue weighted by Crippen LogP contribution is 2.41. The predicted molar refractivity (Wildman–Crippen MR) is 129 cm³/mol. The molecule has 3 aromatic rings. The lowest BCUT2D eigenvalue weighted by Gasteiger charge is -2.46. The van der Waals surface area contributed by atoms with Crippen molar-refractivity contribution in [2.45, 2.75) is 57.4 Å². The largest absolute Gasteiger partial charge is 0.481 e. The molecule has 0 spiro atoms. The van der Waals surface area contributed by atoms with Gasteiger partial charge in [0.05, 0.1) is 5.92 Å². The van der Waals surface area contributed by atoms with Gasteiger partial charge in [-0.25, -0.2) is 0 Å². The molecule has 6 nitrogen and oxygen atoms in total. The molecule has 1 aromatic carbocycles. The van der Waals surface area contributed by atoms with E-state index >= 15 is 0 Å². The predicted octanol–water partition coefficient (Wildman–Crippen LogP) is 5.16. The van der Waals surface area contributed by atoms with Gasteiger partial charge < -0.3 is 19.6 Å². The number of aromatic amines is 1. The fourth-order valence-electron chi connectivity index (χ4n) is 6.35. The van der Waals surface area contributed by atoms with E-state index in [1.165, 1.54) is 10.9 Å². The lowest BCUT2D eigenvalue weighted by atomic mass is 9.71. The first-order valence-corrected chi connectivity index (χ1v) is 12.2. The van der Waals surface area contributed by atoms with Crippen LogP contribution in [0.5, 0.6) is 0 Å². The molecule has 2 N–H and O–H groups in total. The van der Waals surface area contributed by atoms with Gasteiger partial charge in [-0.2, -0.15) is 0 Å². The van der Waals surface area contributed by atoms with Gasteiger partial charge in [0.1, 0.15) is 0 Å². The molecule has 2 fully saturated rings. The Morgan fingerprint density at radius 2 is 2.00 bits per heavy atom. The number of piperidine rings is 1. The number of rotatable bonds is 5. The number of hydrogen-bond acceptors (Lipinski definition) is 2. The van der Waals surface area contributed by atoms with Crippen molar-refractivity contribution in [1.82, 2.24) is 14.5 Å². The monoisotopic (exact) mass is 447 g/mol. The van der Waals surface area contributed by atoms with Crippen LogP contribution in [0.4, 0.5) is 0 Å². The van der Waals surface area contributed by atoms with E-state index in [9.17, 15) is 14.7 Å². The quantitative estimate of drug-likeness (QED) is 0.567. The van der Waals surface area contributed by atoms with Crippen LogP contribution in [-0.4, -0.2) is 44.0 Å². The van der Waals surface area contributed by atoms with Crippen LogP contribution in [-0.2, 0) is 16.6 Å². The van der Waals surface area contributed by atoms with Crippen LogP contribution in [0.2, 0.25) is 0 Å². The van der Waals surface area contributed by atoms with Gasteiger partial charge in [0.15, 0.2) is 0 Å². The topological polar surface area (TPSA) is 78.3 Å². The normalized spacial score (nSPS) is 23.9. The van der Waals surface area contributed by atoms with Gasteiger partial charge in [0.2, 0.25) is 5.91 Å². The maximum Gasteiger partial charge on any atom is 0.306 e. The van der Waals surface area contributed by atoms with Crippen LogP contribution in [0.3, 0.4) is 0 Å². The van der Waals surface area contributed by atoms with Crippen molar-refractivity contribution in [2.75, 3.05) is 6.54 Å². The number of hydrogen-bond donors (Lipinski definition) is 2. The number of nitrogens with one attached hydrogen (secondary N) is 1. The number of aryl methyl sites for hydroxylation is 1. The Morgan fingerprint density at radius 3 is 2.76 bits per heavy atom. The maximum atomic E-state index is 13.5. The van der Waals surface area contributed by atoms with Gasteiger partial charge in [-0.3, -0.25) is 9.59 Å². The molecule has 3 heterocycles. The molecule has 1 saturated carbocycles. The summed E-state index contributed by atoms with van der Waals surface area (Å²) in [4.78, 5) is 30.7. The molecule has 0 radical (unpaired) electrons. The number of carboxylic acids is 1. The summed E-state index contributed by atoms with van der Waals surface area (Å²) in [5.41, 5.74) is 4.57. The number of amides is 1. The summed E-state index contributed by atoms with van der Waals surface area (Å²) in [6.45, 7) is 2.88. The molecule has 1 aliphatic heterocycles. The number of carbonyl (C=O) groups is 2. The molecule has 4 unspecified atom stereocenters. The molecule has 0 bridgehead atoms. The average Bonchev–Trinajstić information content (AvgIpc) is 3.44. The second-order valence-corrected chi connectivity index (χ2v) is 9.92. The second-order valence-electron chi connectivity index (χ2n) is 9.92. The summed E-state index contributed by atoms with van der Waals surface area (Å²) in [6, 6.07) is 10.5. The van der Waals surface area contributed by atoms with E-state index in [1.54, 1.807) is 0 Å². The number of H-pyrrole nitrogens is 1. The summed E-state index contributed by atoms with van der Waals surface area (Å²) in [5, 5.41) is 10.9. The third-order valence-corrected chi connectivity index (χ3v) is 7.97. The molecule has 2 aromatic heterocycles. The summed E-state index contributed by atoms with van der Waals surface area (Å²) < 4.78 is 2.12. The molecule has 174 valence electrons. The Labute approximate surface area is 194 Å². The third-order valence-electron chi connectivity index (χ3n) is 7.97. The van der Waals surface area contributed by atoms with Gasteiger partial charge >= 0.3 is 5.97 Å². The van der Waals surface area contributed by atoms with Crippen molar-refractivity contribution >= 4 is 22.8 Å². The fraction of sp³-hybridized carbons (Fsp3) is 0.481. The highest BCUT2D eigenvalue weighted by atomic mass is 16.4. The molecule has 33 heavy (non-hydrogen) atoms. The second kappa shape index (κ2) is 8.73. The fourth-order valence-corrected chi connectivity index (χ4v) is 6.35. The van der Waals surface area contributed by atoms with Crippen LogP contribution < -0.4 is 0 Å². The average molecular weight is 448 g/mol. The lowest BCUT2D eigenvalue weighted by Crippen LogP contribution is -2.53. The first-order valence-electron chi connectivity index (χ1n) is 12.2. The minimum absolute atomic E-state index is 0.0620. The molecule has 4 atom stereocenters. The number of nitrogens with zero attached hydrogens (tertiary/aromatic N) is 2. The zero-order valence-electron chi connectivity index (χ0n) is 19.5. The number of carbonyl (C=O) groups excluding carboxylic acids is 1. The zero-order chi connectivity index (χ0) is 23.1. The minimum atomic E-state index is -0.695. The first kappa shape index (κ1) is 21.8. The van der Waals surface area contributed by atoms with E-state index in [0.29, 0.717) is 6.42 Å². The summed E-state index contributed by atoms with van der Waals surface area (Å²) in [6.07, 6.45) is 8.92. The third kappa shape index (κ3) is 3.85. The van der Waals surface area contributed by atoms with Crippen LogP contribution >= 0.6 is 0 Å². The Morgan fingerprint density at radius 1 is 1.15 bits per heavy atom. The molecule has 1 saturated heterocycles. The Kier molecular flexibility index (Phi) is 5.77. The number of aliphatic carboxylic acids is 1. The molecule has 5 rings (SSSR count). The number of aromatic nitrogens is 2. The molecule has 1 aliphatic carbocycles. The van der Waals surface area contributed by atoms with Gasteiger partial charge in [-0.05, 0) is 61.3 Å². The molecular weight excluding hydrogens is 414 g/mol. The van der Waals surface area contributed by atoms with E-state index in [2.05, 4.69) is 66.2 Å². The van der Waals surface area contributed by atoms with Crippen molar-refractivity contribution in [3.8, 4) is 11.3 Å². The van der Waals surface area contributed by atoms with Gasteiger partial charge in [0.25, 0.3) is 0 Å². The first-order chi connectivity index (χ1) is 16.0. The van der Waals surface area contributed by atoms with E-state index < -0.39 is 5.97 Å². The minimum Gasteiger partial charge on any atom is -0.481 e. The number of fused-ring (bicyclic) bond motifs is 2. The van der Waals surface area contributed by atoms with Crippen LogP contribution in [0.1, 0.15) is 56.9 Å². The van der Waals surface area contributed by atoms with Crippen LogP contribution in [0.15, 0.2) is 42.7 Å². The molecular formula is C27H33N3O3. The maximum absolute atomic E-state index is 13.5. The van der Waals surface area contributed by atoms with Gasteiger partial charge in [-0.15, -0.1) is 0 Å². The number of benzene rings is 1. The highest BCUT2D eigenvalue weighted by Gasteiger charge is 2.43. The van der Waals surface area contributed by atoms with Gasteiger partial charge in [0, 0.05) is 60.6 Å². The Hall–Kier alpha value is -3.02. The number of likely N-dealkylation sites (tertiary alicyclic amines) is 1. The molecule has 2 aliphatic rings. The smallest absolute Gasteiger partial charge is 0.306 e. The summed E-state index contributed by atoms with van der Waals surface area (Å²) in [5.74, 6) is -0.681. The number of carboxylic acid groups (broad SMARTS) is 1. The van der Waals surface area contributed by atoms with Gasteiger partial charge in [-0.1, -0.05) is 25.5 Å². The van der Waals surface area contributed by atoms with Crippen molar-refractivity contribution < 1.29 is 14.7 Å².